The predicted octanol–water partition coefficient (Wildman–Crippen LogP) is 2.52. The largest absolute Gasteiger partial charge is 0.481 e. The minimum absolute atomic E-state index is 0.0404. The highest BCUT2D eigenvalue weighted by atomic mass is 16.4. The van der Waals surface area contributed by atoms with E-state index in [4.69, 9.17) is 0 Å². The van der Waals surface area contributed by atoms with Crippen molar-refractivity contribution in [1.29, 1.82) is 0 Å². The first-order valence-electron chi connectivity index (χ1n) is 10.8. The normalized spacial score (nSPS) is 19.3. The van der Waals surface area contributed by atoms with E-state index in [9.17, 15) is 19.5 Å². The molecule has 30 heavy (non-hydrogen) atoms. The highest BCUT2D eigenvalue weighted by Gasteiger charge is 2.51. The van der Waals surface area contributed by atoms with Gasteiger partial charge in [-0.3, -0.25) is 9.36 Å². The Morgan fingerprint density at radius 3 is 2.37 bits per heavy atom. The first kappa shape index (κ1) is 20.7. The zero-order valence-electron chi connectivity index (χ0n) is 17.6. The Bertz CT molecular complexity index is 1010. The average molecular weight is 415 g/mol. The first-order chi connectivity index (χ1) is 14.3. The van der Waals surface area contributed by atoms with E-state index >= 15 is 0 Å². The molecule has 4 rings (SSSR count). The Morgan fingerprint density at radius 1 is 1.17 bits per heavy atom. The summed E-state index contributed by atoms with van der Waals surface area (Å²) in [5.74, 6) is -0.345. The van der Waals surface area contributed by atoms with Crippen molar-refractivity contribution in [2.45, 2.75) is 45.6 Å². The Labute approximate surface area is 175 Å². The maximum atomic E-state index is 12.9. The Hall–Kier alpha value is -2.61. The van der Waals surface area contributed by atoms with E-state index < -0.39 is 11.4 Å². The molecule has 1 aliphatic heterocycles. The number of carbonyl (C=O) groups excluding carboxylic acids is 1. The van der Waals surface area contributed by atoms with Crippen LogP contribution in [0.4, 0.5) is 4.79 Å². The minimum atomic E-state index is -0.678. The molecule has 0 spiro atoms. The van der Waals surface area contributed by atoms with Gasteiger partial charge in [0.25, 0.3) is 0 Å². The van der Waals surface area contributed by atoms with E-state index in [-0.39, 0.29) is 17.8 Å². The van der Waals surface area contributed by atoms with Crippen LogP contribution in [0.25, 0.3) is 11.0 Å². The lowest BCUT2D eigenvalue weighted by molar-refractivity contribution is -0.144. The number of hydrogen-bond donors (Lipinski definition) is 2. The molecule has 162 valence electrons. The second-order valence-electron chi connectivity index (χ2n) is 9.06. The van der Waals surface area contributed by atoms with Crippen LogP contribution in [-0.4, -0.2) is 57.3 Å². The summed E-state index contributed by atoms with van der Waals surface area (Å²) in [6, 6.07) is 6.92. The Morgan fingerprint density at radius 2 is 1.80 bits per heavy atom. The fourth-order valence-electron chi connectivity index (χ4n) is 4.54. The van der Waals surface area contributed by atoms with E-state index in [1.165, 1.54) is 4.57 Å². The van der Waals surface area contributed by atoms with Crippen LogP contribution in [0.15, 0.2) is 29.1 Å². The van der Waals surface area contributed by atoms with E-state index in [1.807, 2.05) is 32.0 Å². The van der Waals surface area contributed by atoms with Crippen LogP contribution in [0.1, 0.15) is 45.6 Å². The maximum Gasteiger partial charge on any atom is 0.337 e. The summed E-state index contributed by atoms with van der Waals surface area (Å²) in [6.45, 7) is 6.71. The number of aliphatic carboxylic acids is 1. The van der Waals surface area contributed by atoms with Gasteiger partial charge in [0, 0.05) is 19.1 Å². The fraction of sp³-hybridized carbons (Fsp3) is 0.591. The van der Waals surface area contributed by atoms with Crippen LogP contribution in [0.5, 0.6) is 0 Å². The SMILES string of the molecule is CC(C)n1c(=O)n(C(=O)NCC2CCN(CC3(C(=O)O)CC3)CC2)c2ccccc21. The number of rotatable bonds is 6. The number of amides is 1. The number of piperidine rings is 1. The summed E-state index contributed by atoms with van der Waals surface area (Å²) in [4.78, 5) is 39.4. The van der Waals surface area contributed by atoms with Crippen LogP contribution >= 0.6 is 0 Å². The van der Waals surface area contributed by atoms with Gasteiger partial charge in [0.05, 0.1) is 16.4 Å². The highest BCUT2D eigenvalue weighted by Crippen LogP contribution is 2.46. The number of carbonyl (C=O) groups is 2. The Kier molecular flexibility index (Phi) is 5.44. The summed E-state index contributed by atoms with van der Waals surface area (Å²) in [6.07, 6.45) is 3.38. The van der Waals surface area contributed by atoms with Crippen LogP contribution in [0, 0.1) is 11.3 Å². The van der Waals surface area contributed by atoms with Gasteiger partial charge in [-0.1, -0.05) is 12.1 Å². The lowest BCUT2D eigenvalue weighted by Crippen LogP contribution is -2.44. The van der Waals surface area contributed by atoms with Crippen molar-refractivity contribution >= 4 is 23.0 Å². The molecule has 1 saturated heterocycles. The van der Waals surface area contributed by atoms with Crippen molar-refractivity contribution in [1.82, 2.24) is 19.4 Å². The number of hydrogen-bond acceptors (Lipinski definition) is 4. The first-order valence-corrected chi connectivity index (χ1v) is 10.8. The summed E-state index contributed by atoms with van der Waals surface area (Å²) >= 11 is 0. The highest BCUT2D eigenvalue weighted by molar-refractivity contribution is 5.89. The number of imidazole rings is 1. The van der Waals surface area contributed by atoms with Gasteiger partial charge in [0.15, 0.2) is 0 Å². The van der Waals surface area contributed by atoms with Crippen molar-refractivity contribution in [3.05, 3.63) is 34.7 Å². The molecule has 0 bridgehead atoms. The van der Waals surface area contributed by atoms with Crippen LogP contribution in [0.3, 0.4) is 0 Å². The third-order valence-electron chi connectivity index (χ3n) is 6.58. The average Bonchev–Trinajstić information content (AvgIpc) is 3.43. The van der Waals surface area contributed by atoms with Crippen molar-refractivity contribution in [2.24, 2.45) is 11.3 Å². The molecule has 0 radical (unpaired) electrons. The lowest BCUT2D eigenvalue weighted by Gasteiger charge is -2.33. The summed E-state index contributed by atoms with van der Waals surface area (Å²) in [5, 5.41) is 12.3. The molecule has 1 aliphatic carbocycles. The van der Waals surface area contributed by atoms with Crippen molar-refractivity contribution in [3.8, 4) is 0 Å². The monoisotopic (exact) mass is 414 g/mol. The van der Waals surface area contributed by atoms with E-state index in [1.54, 1.807) is 10.6 Å². The van der Waals surface area contributed by atoms with Gasteiger partial charge in [-0.15, -0.1) is 0 Å². The van der Waals surface area contributed by atoms with E-state index in [0.29, 0.717) is 24.5 Å². The van der Waals surface area contributed by atoms with Crippen molar-refractivity contribution < 1.29 is 14.7 Å². The standard InChI is InChI=1S/C22H30N4O4/c1-15(2)25-17-5-3-4-6-18(17)26(21(25)30)20(29)23-13-16-7-11-24(12-8-16)14-22(9-10-22)19(27)28/h3-6,15-16H,7-14H2,1-2H3,(H,23,29)(H,27,28). The summed E-state index contributed by atoms with van der Waals surface area (Å²) in [7, 11) is 0. The van der Waals surface area contributed by atoms with Gasteiger partial charge in [0.2, 0.25) is 0 Å². The van der Waals surface area contributed by atoms with E-state index in [0.717, 1.165) is 44.3 Å². The molecule has 2 heterocycles. The number of aromatic nitrogens is 2. The summed E-state index contributed by atoms with van der Waals surface area (Å²) < 4.78 is 2.87. The van der Waals surface area contributed by atoms with Gasteiger partial charge in [0.1, 0.15) is 0 Å². The minimum Gasteiger partial charge on any atom is -0.481 e. The van der Waals surface area contributed by atoms with Gasteiger partial charge in [-0.25, -0.2) is 14.2 Å². The molecular weight excluding hydrogens is 384 g/mol. The molecule has 2 aliphatic rings. The molecule has 1 aromatic carbocycles. The maximum absolute atomic E-state index is 12.9. The topological polar surface area (TPSA) is 96.6 Å². The molecule has 0 atom stereocenters. The third-order valence-corrected chi connectivity index (χ3v) is 6.58. The molecule has 8 nitrogen and oxygen atoms in total. The quantitative estimate of drug-likeness (QED) is 0.757. The second kappa shape index (κ2) is 7.91. The van der Waals surface area contributed by atoms with Gasteiger partial charge >= 0.3 is 17.7 Å². The summed E-state index contributed by atoms with van der Waals surface area (Å²) in [5.41, 5.74) is 0.537. The molecular formula is C22H30N4O4. The molecule has 1 aromatic heterocycles. The number of para-hydroxylation sites is 2. The van der Waals surface area contributed by atoms with Crippen LogP contribution < -0.4 is 11.0 Å². The second-order valence-corrected chi connectivity index (χ2v) is 9.06. The number of likely N-dealkylation sites (tertiary alicyclic amines) is 1. The zero-order chi connectivity index (χ0) is 21.5. The van der Waals surface area contributed by atoms with Crippen molar-refractivity contribution in [3.63, 3.8) is 0 Å². The third kappa shape index (κ3) is 3.76. The molecule has 2 N–H and O–H groups in total. The molecule has 2 aromatic rings. The van der Waals surface area contributed by atoms with E-state index in [2.05, 4.69) is 10.2 Å². The lowest BCUT2D eigenvalue weighted by atomic mass is 9.95. The Balaban J connectivity index is 1.37. The molecule has 8 heteroatoms. The fourth-order valence-corrected chi connectivity index (χ4v) is 4.54. The molecule has 2 fully saturated rings. The van der Waals surface area contributed by atoms with Gasteiger partial charge in [-0.05, 0) is 70.7 Å². The number of nitrogens with one attached hydrogen (secondary N) is 1. The van der Waals surface area contributed by atoms with Gasteiger partial charge < -0.3 is 15.3 Å². The number of fused-ring (bicyclic) bond motifs is 1. The van der Waals surface area contributed by atoms with Crippen LogP contribution in [0.2, 0.25) is 0 Å². The smallest absolute Gasteiger partial charge is 0.337 e. The van der Waals surface area contributed by atoms with Crippen LogP contribution in [-0.2, 0) is 4.79 Å². The molecule has 0 unspecified atom stereocenters. The van der Waals surface area contributed by atoms with Crippen molar-refractivity contribution in [2.75, 3.05) is 26.2 Å². The number of benzene rings is 1. The van der Waals surface area contributed by atoms with Gasteiger partial charge in [-0.2, -0.15) is 0 Å². The number of carboxylic acids is 1. The molecule has 1 saturated carbocycles. The molecule has 1 amide bonds. The predicted molar refractivity (Wildman–Crippen MR) is 114 cm³/mol. The number of carboxylic acid groups (broad SMARTS) is 1. The zero-order valence-corrected chi connectivity index (χ0v) is 17.6. The number of nitrogens with zero attached hydrogens (tertiary/aromatic N) is 3.